The van der Waals surface area contributed by atoms with Crippen LogP contribution >= 0.6 is 0 Å². The van der Waals surface area contributed by atoms with Crippen molar-refractivity contribution in [2.24, 2.45) is 0 Å². The average molecular weight is 295 g/mol. The molecule has 112 valence electrons. The summed E-state index contributed by atoms with van der Waals surface area (Å²) in [6.45, 7) is 0. The molecule has 22 heavy (non-hydrogen) atoms. The zero-order chi connectivity index (χ0) is 15.4. The van der Waals surface area contributed by atoms with Crippen molar-refractivity contribution in [2.75, 3.05) is 0 Å². The van der Waals surface area contributed by atoms with Crippen LogP contribution in [0.5, 0.6) is 5.75 Å². The standard InChI is InChI=1S/C18H17NO3/c20-17-11-10-16(17)19-18(21)22-15-8-6-14(7-9-15)12-13-4-2-1-3-5-13/h1-9,16H,10-12H2,(H,19,21)/t16-/m0/s1. The third-order valence-corrected chi connectivity index (χ3v) is 3.75. The van der Waals surface area contributed by atoms with Crippen LogP contribution in [0.15, 0.2) is 54.6 Å². The van der Waals surface area contributed by atoms with E-state index in [0.717, 1.165) is 12.0 Å². The molecule has 0 unspecified atom stereocenters. The van der Waals surface area contributed by atoms with E-state index in [0.29, 0.717) is 18.6 Å². The first-order chi connectivity index (χ1) is 10.7. The topological polar surface area (TPSA) is 55.4 Å². The van der Waals surface area contributed by atoms with Gasteiger partial charge in [0.05, 0.1) is 6.04 Å². The van der Waals surface area contributed by atoms with Gasteiger partial charge in [-0.05, 0) is 36.1 Å². The van der Waals surface area contributed by atoms with Crippen LogP contribution in [0.25, 0.3) is 0 Å². The molecule has 3 rings (SSSR count). The third-order valence-electron chi connectivity index (χ3n) is 3.75. The molecule has 2 aromatic carbocycles. The summed E-state index contributed by atoms with van der Waals surface area (Å²) in [5.74, 6) is 0.538. The van der Waals surface area contributed by atoms with Gasteiger partial charge in [-0.3, -0.25) is 4.79 Å². The molecule has 2 aromatic rings. The van der Waals surface area contributed by atoms with Gasteiger partial charge >= 0.3 is 6.09 Å². The number of nitrogens with one attached hydrogen (secondary N) is 1. The molecule has 0 bridgehead atoms. The van der Waals surface area contributed by atoms with E-state index >= 15 is 0 Å². The van der Waals surface area contributed by atoms with Gasteiger partial charge in [0, 0.05) is 6.42 Å². The Balaban J connectivity index is 1.55. The Bertz CT molecular complexity index is 664. The molecule has 1 aliphatic rings. The number of ketones is 1. The summed E-state index contributed by atoms with van der Waals surface area (Å²) in [6.07, 6.45) is 1.50. The monoisotopic (exact) mass is 295 g/mol. The van der Waals surface area contributed by atoms with E-state index in [4.69, 9.17) is 4.74 Å². The van der Waals surface area contributed by atoms with Crippen LogP contribution in [0.4, 0.5) is 4.79 Å². The largest absolute Gasteiger partial charge is 0.413 e. The van der Waals surface area contributed by atoms with Gasteiger partial charge < -0.3 is 10.1 Å². The fourth-order valence-corrected chi connectivity index (χ4v) is 2.34. The maximum Gasteiger partial charge on any atom is 0.413 e. The van der Waals surface area contributed by atoms with E-state index in [9.17, 15) is 9.59 Å². The number of hydrogen-bond acceptors (Lipinski definition) is 3. The Labute approximate surface area is 129 Å². The second-order valence-electron chi connectivity index (χ2n) is 5.40. The van der Waals surface area contributed by atoms with Crippen molar-refractivity contribution in [2.45, 2.75) is 25.3 Å². The number of Topliss-reactive ketones (excluding diaryl/α,β-unsaturated/α-hetero) is 1. The molecule has 1 atom stereocenters. The summed E-state index contributed by atoms with van der Waals surface area (Å²) in [4.78, 5) is 22.8. The van der Waals surface area contributed by atoms with Gasteiger partial charge in [-0.25, -0.2) is 4.79 Å². The van der Waals surface area contributed by atoms with Crippen molar-refractivity contribution in [3.05, 3.63) is 65.7 Å². The summed E-state index contributed by atoms with van der Waals surface area (Å²) in [5.41, 5.74) is 2.38. The predicted octanol–water partition coefficient (Wildman–Crippen LogP) is 3.10. The Hall–Kier alpha value is -2.62. The first-order valence-electron chi connectivity index (χ1n) is 7.34. The summed E-state index contributed by atoms with van der Waals surface area (Å²) in [6, 6.07) is 17.2. The number of amides is 1. The molecule has 0 aromatic heterocycles. The fraction of sp³-hybridized carbons (Fsp3) is 0.222. The highest BCUT2D eigenvalue weighted by molar-refractivity contribution is 5.92. The van der Waals surface area contributed by atoms with Crippen LogP contribution in [-0.2, 0) is 11.2 Å². The van der Waals surface area contributed by atoms with Gasteiger partial charge in [0.1, 0.15) is 5.75 Å². The molecular formula is C18H17NO3. The van der Waals surface area contributed by atoms with Crippen LogP contribution in [0, 0.1) is 0 Å². The molecule has 1 fully saturated rings. The minimum Gasteiger partial charge on any atom is -0.410 e. The molecule has 0 aliphatic heterocycles. The zero-order valence-corrected chi connectivity index (χ0v) is 12.1. The molecule has 0 heterocycles. The lowest BCUT2D eigenvalue weighted by atomic mass is 9.91. The maximum absolute atomic E-state index is 11.7. The van der Waals surface area contributed by atoms with Crippen molar-refractivity contribution >= 4 is 11.9 Å². The number of carbonyl (C=O) groups excluding carboxylic acids is 2. The maximum atomic E-state index is 11.7. The number of carbonyl (C=O) groups is 2. The number of rotatable bonds is 4. The molecular weight excluding hydrogens is 278 g/mol. The zero-order valence-electron chi connectivity index (χ0n) is 12.1. The smallest absolute Gasteiger partial charge is 0.410 e. The molecule has 1 amide bonds. The fourth-order valence-electron chi connectivity index (χ4n) is 2.34. The van der Waals surface area contributed by atoms with Crippen LogP contribution in [-0.4, -0.2) is 17.9 Å². The Morgan fingerprint density at radius 3 is 2.32 bits per heavy atom. The van der Waals surface area contributed by atoms with Crippen molar-refractivity contribution in [3.8, 4) is 5.75 Å². The van der Waals surface area contributed by atoms with Gasteiger partial charge in [0.15, 0.2) is 5.78 Å². The normalized spacial score (nSPS) is 16.7. The quantitative estimate of drug-likeness (QED) is 0.943. The van der Waals surface area contributed by atoms with Gasteiger partial charge in [0.25, 0.3) is 0 Å². The van der Waals surface area contributed by atoms with Crippen molar-refractivity contribution < 1.29 is 14.3 Å². The summed E-state index contributed by atoms with van der Waals surface area (Å²) < 4.78 is 5.17. The Morgan fingerprint density at radius 2 is 1.73 bits per heavy atom. The van der Waals surface area contributed by atoms with Crippen molar-refractivity contribution in [3.63, 3.8) is 0 Å². The molecule has 0 radical (unpaired) electrons. The van der Waals surface area contributed by atoms with E-state index in [1.165, 1.54) is 5.56 Å². The lowest BCUT2D eigenvalue weighted by molar-refractivity contribution is -0.126. The van der Waals surface area contributed by atoms with Crippen LogP contribution < -0.4 is 10.1 Å². The summed E-state index contributed by atoms with van der Waals surface area (Å²) in [5, 5.41) is 2.56. The van der Waals surface area contributed by atoms with E-state index < -0.39 is 6.09 Å². The molecule has 1 saturated carbocycles. The Kier molecular flexibility index (Phi) is 4.19. The molecule has 0 spiro atoms. The molecule has 1 aliphatic carbocycles. The lowest BCUT2D eigenvalue weighted by Gasteiger charge is -2.24. The van der Waals surface area contributed by atoms with Crippen LogP contribution in [0.1, 0.15) is 24.0 Å². The minimum absolute atomic E-state index is 0.0650. The highest BCUT2D eigenvalue weighted by atomic mass is 16.6. The number of ether oxygens (including phenoxy) is 1. The first kappa shape index (κ1) is 14.3. The summed E-state index contributed by atoms with van der Waals surface area (Å²) in [7, 11) is 0. The van der Waals surface area contributed by atoms with E-state index in [-0.39, 0.29) is 11.8 Å². The molecule has 4 nitrogen and oxygen atoms in total. The third kappa shape index (κ3) is 3.52. The molecule has 0 saturated heterocycles. The van der Waals surface area contributed by atoms with Crippen LogP contribution in [0.2, 0.25) is 0 Å². The molecule has 4 heteroatoms. The SMILES string of the molecule is O=C(N[C@H]1CCC1=O)Oc1ccc(Cc2ccccc2)cc1. The average Bonchev–Trinajstić information content (AvgIpc) is 2.54. The predicted molar refractivity (Wildman–Crippen MR) is 82.9 cm³/mol. The Morgan fingerprint density at radius 1 is 1.05 bits per heavy atom. The lowest BCUT2D eigenvalue weighted by Crippen LogP contribution is -2.48. The second kappa shape index (κ2) is 6.43. The number of benzene rings is 2. The first-order valence-corrected chi connectivity index (χ1v) is 7.34. The van der Waals surface area contributed by atoms with Gasteiger partial charge in [-0.15, -0.1) is 0 Å². The van der Waals surface area contributed by atoms with Gasteiger partial charge in [0.2, 0.25) is 0 Å². The summed E-state index contributed by atoms with van der Waals surface area (Å²) >= 11 is 0. The minimum atomic E-state index is -0.575. The van der Waals surface area contributed by atoms with Gasteiger partial charge in [-0.2, -0.15) is 0 Å². The van der Waals surface area contributed by atoms with E-state index in [2.05, 4.69) is 17.4 Å². The highest BCUT2D eigenvalue weighted by Gasteiger charge is 2.29. The number of hydrogen-bond donors (Lipinski definition) is 1. The highest BCUT2D eigenvalue weighted by Crippen LogP contribution is 2.17. The van der Waals surface area contributed by atoms with E-state index in [1.807, 2.05) is 30.3 Å². The molecule has 1 N–H and O–H groups in total. The van der Waals surface area contributed by atoms with Crippen molar-refractivity contribution in [1.82, 2.24) is 5.32 Å². The van der Waals surface area contributed by atoms with Crippen LogP contribution in [0.3, 0.4) is 0 Å². The second-order valence-corrected chi connectivity index (χ2v) is 5.40. The van der Waals surface area contributed by atoms with Gasteiger partial charge in [-0.1, -0.05) is 42.5 Å². The van der Waals surface area contributed by atoms with E-state index in [1.54, 1.807) is 12.1 Å². The van der Waals surface area contributed by atoms with Crippen molar-refractivity contribution in [1.29, 1.82) is 0 Å².